The van der Waals surface area contributed by atoms with Gasteiger partial charge in [0.25, 0.3) is 0 Å². The Hall–Kier alpha value is -5.81. The Labute approximate surface area is 273 Å². The number of rotatable bonds is 6. The third kappa shape index (κ3) is 4.50. The number of aryl methyl sites for hydroxylation is 1. The first-order valence-electron chi connectivity index (χ1n) is 16.5. The quantitative estimate of drug-likeness (QED) is 0.189. The van der Waals surface area contributed by atoms with Gasteiger partial charge in [0, 0.05) is 50.1 Å². The summed E-state index contributed by atoms with van der Waals surface area (Å²) in [6, 6.07) is 47.1. The topological polar surface area (TPSA) is 48.5 Å². The van der Waals surface area contributed by atoms with Gasteiger partial charge >= 0.3 is 0 Å². The zero-order valence-electron chi connectivity index (χ0n) is 26.3. The van der Waals surface area contributed by atoms with Crippen molar-refractivity contribution < 1.29 is 0 Å². The molecule has 0 saturated carbocycles. The van der Waals surface area contributed by atoms with Crippen LogP contribution < -0.4 is 0 Å². The minimum Gasteiger partial charge on any atom is -0.313 e. The standard InChI is InChI=1S/C42H33N5/c1-2-13-28-22-24-31(25-23-28)46-34-20-11-9-18-32(34)38-36(46)26-27-37-39(38)33-19-10-12-21-35(33)47(37)42-44-40(29-14-5-3-6-15-29)43-41(45-42)30-16-7-4-8-17-30/h3-12,14-25H,2,13,26-27H2,1H3. The third-order valence-electron chi connectivity index (χ3n) is 9.41. The molecule has 5 nitrogen and oxygen atoms in total. The lowest BCUT2D eigenvalue weighted by molar-refractivity contribution is 0.799. The lowest BCUT2D eigenvalue weighted by atomic mass is 9.91. The van der Waals surface area contributed by atoms with Crippen LogP contribution in [0.5, 0.6) is 0 Å². The Kier molecular flexibility index (Phi) is 6.56. The smallest absolute Gasteiger partial charge is 0.238 e. The fourth-order valence-electron chi connectivity index (χ4n) is 7.37. The minimum atomic E-state index is 0.647. The van der Waals surface area contributed by atoms with E-state index in [2.05, 4.69) is 113 Å². The summed E-state index contributed by atoms with van der Waals surface area (Å²) in [7, 11) is 0. The molecule has 226 valence electrons. The fraction of sp³-hybridized carbons (Fsp3) is 0.119. The van der Waals surface area contributed by atoms with E-state index in [0.717, 1.165) is 42.3 Å². The van der Waals surface area contributed by atoms with Gasteiger partial charge in [0.2, 0.25) is 5.95 Å². The second-order valence-electron chi connectivity index (χ2n) is 12.3. The summed E-state index contributed by atoms with van der Waals surface area (Å²) in [5.74, 6) is 1.98. The molecule has 0 spiro atoms. The Bertz CT molecular complexity index is 2340. The number of aromatic nitrogens is 5. The predicted octanol–water partition coefficient (Wildman–Crippen LogP) is 9.81. The van der Waals surface area contributed by atoms with Crippen LogP contribution in [0, 0.1) is 0 Å². The van der Waals surface area contributed by atoms with Crippen molar-refractivity contribution in [3.63, 3.8) is 0 Å². The largest absolute Gasteiger partial charge is 0.313 e. The number of fused-ring (bicyclic) bond motifs is 7. The van der Waals surface area contributed by atoms with Crippen LogP contribution in [0.1, 0.15) is 30.3 Å². The van der Waals surface area contributed by atoms with Crippen molar-refractivity contribution in [2.75, 3.05) is 0 Å². The van der Waals surface area contributed by atoms with Crippen molar-refractivity contribution in [3.05, 3.63) is 150 Å². The zero-order chi connectivity index (χ0) is 31.3. The molecule has 0 aliphatic heterocycles. The molecule has 9 rings (SSSR count). The lowest BCUT2D eigenvalue weighted by Crippen LogP contribution is -2.13. The van der Waals surface area contributed by atoms with Gasteiger partial charge in [-0.1, -0.05) is 123 Å². The van der Waals surface area contributed by atoms with E-state index in [-0.39, 0.29) is 0 Å². The minimum absolute atomic E-state index is 0.647. The second kappa shape index (κ2) is 11.2. The van der Waals surface area contributed by atoms with E-state index < -0.39 is 0 Å². The summed E-state index contributed by atoms with van der Waals surface area (Å²) in [5, 5.41) is 2.49. The fourth-order valence-corrected chi connectivity index (χ4v) is 7.37. The molecule has 47 heavy (non-hydrogen) atoms. The summed E-state index contributed by atoms with van der Waals surface area (Å²) in [6.07, 6.45) is 4.03. The number of benzene rings is 5. The molecule has 0 atom stereocenters. The van der Waals surface area contributed by atoms with Crippen LogP contribution in [0.15, 0.2) is 133 Å². The highest BCUT2D eigenvalue weighted by Gasteiger charge is 2.31. The molecule has 0 fully saturated rings. The first kappa shape index (κ1) is 27.5. The molecule has 3 heterocycles. The van der Waals surface area contributed by atoms with Gasteiger partial charge in [-0.3, -0.25) is 4.57 Å². The van der Waals surface area contributed by atoms with Crippen LogP contribution in [-0.2, 0) is 19.3 Å². The highest BCUT2D eigenvalue weighted by atomic mass is 15.2. The Balaban J connectivity index is 1.31. The molecule has 0 amide bonds. The molecular weight excluding hydrogens is 574 g/mol. The number of hydrogen-bond donors (Lipinski definition) is 0. The van der Waals surface area contributed by atoms with E-state index in [1.807, 2.05) is 36.4 Å². The van der Waals surface area contributed by atoms with Crippen LogP contribution in [0.3, 0.4) is 0 Å². The van der Waals surface area contributed by atoms with Crippen molar-refractivity contribution in [2.45, 2.75) is 32.6 Å². The molecule has 0 N–H and O–H groups in total. The zero-order valence-corrected chi connectivity index (χ0v) is 26.3. The molecule has 1 aliphatic carbocycles. The number of nitrogens with zero attached hydrogens (tertiary/aromatic N) is 5. The van der Waals surface area contributed by atoms with E-state index in [9.17, 15) is 0 Å². The molecular formula is C42H33N5. The van der Waals surface area contributed by atoms with E-state index in [4.69, 9.17) is 15.0 Å². The molecule has 5 aromatic carbocycles. The van der Waals surface area contributed by atoms with E-state index in [1.165, 1.54) is 50.1 Å². The van der Waals surface area contributed by atoms with Gasteiger partial charge < -0.3 is 4.57 Å². The van der Waals surface area contributed by atoms with Gasteiger partial charge in [0.15, 0.2) is 11.6 Å². The van der Waals surface area contributed by atoms with Crippen molar-refractivity contribution in [2.24, 2.45) is 0 Å². The molecule has 0 unspecified atom stereocenters. The van der Waals surface area contributed by atoms with Crippen LogP contribution in [0.4, 0.5) is 0 Å². The molecule has 5 heteroatoms. The first-order chi connectivity index (χ1) is 23.3. The molecule has 0 saturated heterocycles. The summed E-state index contributed by atoms with van der Waals surface area (Å²) in [6.45, 7) is 2.24. The molecule has 0 bridgehead atoms. The van der Waals surface area contributed by atoms with E-state index >= 15 is 0 Å². The maximum Gasteiger partial charge on any atom is 0.238 e. The third-order valence-corrected chi connectivity index (χ3v) is 9.41. The van der Waals surface area contributed by atoms with Gasteiger partial charge in [-0.05, 0) is 49.1 Å². The Morgan fingerprint density at radius 2 is 1.00 bits per heavy atom. The highest BCUT2D eigenvalue weighted by Crippen LogP contribution is 2.47. The van der Waals surface area contributed by atoms with Crippen molar-refractivity contribution >= 4 is 21.8 Å². The normalized spacial score (nSPS) is 12.4. The molecule has 0 radical (unpaired) electrons. The summed E-state index contributed by atoms with van der Waals surface area (Å²) in [4.78, 5) is 15.3. The number of para-hydroxylation sites is 2. The Morgan fingerprint density at radius 1 is 0.511 bits per heavy atom. The maximum absolute atomic E-state index is 5.16. The lowest BCUT2D eigenvalue weighted by Gasteiger charge is -2.20. The highest BCUT2D eigenvalue weighted by molar-refractivity contribution is 6.09. The Morgan fingerprint density at radius 3 is 1.55 bits per heavy atom. The number of hydrogen-bond acceptors (Lipinski definition) is 3. The van der Waals surface area contributed by atoms with Gasteiger partial charge in [0.1, 0.15) is 0 Å². The van der Waals surface area contributed by atoms with Gasteiger partial charge in [-0.15, -0.1) is 0 Å². The summed E-state index contributed by atoms with van der Waals surface area (Å²) in [5.41, 5.74) is 12.1. The predicted molar refractivity (Wildman–Crippen MR) is 191 cm³/mol. The van der Waals surface area contributed by atoms with Crippen LogP contribution in [0.25, 0.3) is 67.3 Å². The van der Waals surface area contributed by atoms with E-state index in [0.29, 0.717) is 17.6 Å². The SMILES string of the molecule is CCCc1ccc(-n2c3c(c4ccccc42)-c2c(n(-c4nc(-c5ccccc5)nc(-c5ccccc5)n4)c4ccccc24)CC3)cc1. The van der Waals surface area contributed by atoms with Crippen LogP contribution >= 0.6 is 0 Å². The van der Waals surface area contributed by atoms with Crippen LogP contribution in [0.2, 0.25) is 0 Å². The van der Waals surface area contributed by atoms with Crippen molar-refractivity contribution in [1.82, 2.24) is 24.1 Å². The van der Waals surface area contributed by atoms with Crippen molar-refractivity contribution in [1.29, 1.82) is 0 Å². The van der Waals surface area contributed by atoms with Crippen LogP contribution in [-0.4, -0.2) is 24.1 Å². The van der Waals surface area contributed by atoms with Gasteiger partial charge in [0.05, 0.1) is 11.0 Å². The van der Waals surface area contributed by atoms with Crippen molar-refractivity contribution in [3.8, 4) is 45.5 Å². The second-order valence-corrected chi connectivity index (χ2v) is 12.3. The molecule has 1 aliphatic rings. The molecule has 3 aromatic heterocycles. The maximum atomic E-state index is 5.16. The van der Waals surface area contributed by atoms with Gasteiger partial charge in [-0.2, -0.15) is 9.97 Å². The summed E-state index contributed by atoms with van der Waals surface area (Å²) < 4.78 is 4.78. The monoisotopic (exact) mass is 607 g/mol. The average Bonchev–Trinajstić information content (AvgIpc) is 3.66. The average molecular weight is 608 g/mol. The summed E-state index contributed by atoms with van der Waals surface area (Å²) >= 11 is 0. The van der Waals surface area contributed by atoms with Gasteiger partial charge in [-0.25, -0.2) is 4.98 Å². The van der Waals surface area contributed by atoms with E-state index in [1.54, 1.807) is 0 Å². The molecule has 8 aromatic rings. The first-order valence-corrected chi connectivity index (χ1v) is 16.5.